The second-order valence-corrected chi connectivity index (χ2v) is 10.5. The Hall–Kier alpha value is -2.41. The fourth-order valence-corrected chi connectivity index (χ4v) is 5.95. The first-order chi connectivity index (χ1) is 14.8. The summed E-state index contributed by atoms with van der Waals surface area (Å²) in [6, 6.07) is 8.63. The van der Waals surface area contributed by atoms with Crippen LogP contribution in [0.5, 0.6) is 0 Å². The number of oxazole rings is 1. The maximum absolute atomic E-state index is 13.0. The van der Waals surface area contributed by atoms with Crippen LogP contribution in [0.2, 0.25) is 0 Å². The van der Waals surface area contributed by atoms with Gasteiger partial charge >= 0.3 is 0 Å². The van der Waals surface area contributed by atoms with E-state index in [1.54, 1.807) is 28.6 Å². The van der Waals surface area contributed by atoms with Crippen LogP contribution < -0.4 is 4.90 Å². The molecule has 4 rings (SSSR count). The highest BCUT2D eigenvalue weighted by Gasteiger charge is 2.30. The summed E-state index contributed by atoms with van der Waals surface area (Å²) >= 11 is 0. The average Bonchev–Trinajstić information content (AvgIpc) is 3.18. The van der Waals surface area contributed by atoms with Crippen molar-refractivity contribution in [2.45, 2.75) is 50.7 Å². The summed E-state index contributed by atoms with van der Waals surface area (Å²) in [4.78, 5) is 6.58. The van der Waals surface area contributed by atoms with E-state index in [1.165, 1.54) is 0 Å². The quantitative estimate of drug-likeness (QED) is 0.714. The molecule has 2 aliphatic heterocycles. The molecule has 0 amide bonds. The summed E-state index contributed by atoms with van der Waals surface area (Å²) in [7, 11) is -3.52. The molecule has 0 bridgehead atoms. The van der Waals surface area contributed by atoms with Gasteiger partial charge in [-0.2, -0.15) is 14.6 Å². The standard InChI is InChI=1S/C22H28N4O4S/c1-15-5-4-10-26(12-15)31(27,28)19-8-6-18(7-9-19)21-24-20(11-23)22(30-21)25-13-16(2)29-17(3)14-25/h6-9,15-17H,4-5,10,12-14H2,1-3H3. The third kappa shape index (κ3) is 4.47. The van der Waals surface area contributed by atoms with Crippen LogP contribution in [-0.2, 0) is 14.8 Å². The van der Waals surface area contributed by atoms with E-state index in [0.29, 0.717) is 49.4 Å². The van der Waals surface area contributed by atoms with E-state index >= 15 is 0 Å². The molecule has 3 unspecified atom stereocenters. The molecule has 2 fully saturated rings. The van der Waals surface area contributed by atoms with Crippen LogP contribution in [0.1, 0.15) is 39.3 Å². The van der Waals surface area contributed by atoms with Crippen LogP contribution in [-0.4, -0.2) is 56.1 Å². The van der Waals surface area contributed by atoms with Crippen molar-refractivity contribution in [2.75, 3.05) is 31.1 Å². The minimum Gasteiger partial charge on any atom is -0.419 e. The molecular formula is C22H28N4O4S. The summed E-state index contributed by atoms with van der Waals surface area (Å²) < 4.78 is 39.2. The highest BCUT2D eigenvalue weighted by Crippen LogP contribution is 2.31. The molecular weight excluding hydrogens is 416 g/mol. The smallest absolute Gasteiger partial charge is 0.243 e. The maximum Gasteiger partial charge on any atom is 0.243 e. The van der Waals surface area contributed by atoms with Gasteiger partial charge in [0.25, 0.3) is 0 Å². The Balaban J connectivity index is 1.58. The lowest BCUT2D eigenvalue weighted by Gasteiger charge is -2.34. The van der Waals surface area contributed by atoms with Gasteiger partial charge in [-0.25, -0.2) is 8.42 Å². The fourth-order valence-electron chi connectivity index (χ4n) is 4.35. The third-order valence-electron chi connectivity index (χ3n) is 5.78. The number of ether oxygens (including phenoxy) is 1. The number of piperidine rings is 1. The van der Waals surface area contributed by atoms with Crippen LogP contribution in [0, 0.1) is 17.2 Å². The Morgan fingerprint density at radius 2 is 1.77 bits per heavy atom. The predicted octanol–water partition coefficient (Wildman–Crippen LogP) is 3.25. The number of aromatic nitrogens is 1. The molecule has 2 saturated heterocycles. The minimum atomic E-state index is -3.52. The lowest BCUT2D eigenvalue weighted by atomic mass is 10.0. The maximum atomic E-state index is 13.0. The largest absolute Gasteiger partial charge is 0.419 e. The van der Waals surface area contributed by atoms with E-state index in [1.807, 2.05) is 18.7 Å². The van der Waals surface area contributed by atoms with Crippen molar-refractivity contribution in [3.05, 3.63) is 30.0 Å². The Bertz CT molecular complexity index is 1060. The van der Waals surface area contributed by atoms with Crippen LogP contribution in [0.4, 0.5) is 5.88 Å². The van der Waals surface area contributed by atoms with E-state index in [2.05, 4.69) is 18.0 Å². The second-order valence-electron chi connectivity index (χ2n) is 8.58. The molecule has 3 heterocycles. The average molecular weight is 445 g/mol. The zero-order valence-electron chi connectivity index (χ0n) is 18.1. The zero-order valence-corrected chi connectivity index (χ0v) is 18.9. The van der Waals surface area contributed by atoms with E-state index < -0.39 is 10.0 Å². The molecule has 9 heteroatoms. The van der Waals surface area contributed by atoms with E-state index in [9.17, 15) is 13.7 Å². The Kier molecular flexibility index (Phi) is 6.06. The van der Waals surface area contributed by atoms with Gasteiger partial charge < -0.3 is 14.1 Å². The van der Waals surface area contributed by atoms with Gasteiger partial charge in [0.15, 0.2) is 0 Å². The Morgan fingerprint density at radius 3 is 2.39 bits per heavy atom. The van der Waals surface area contributed by atoms with E-state index in [4.69, 9.17) is 9.15 Å². The monoisotopic (exact) mass is 444 g/mol. The number of nitriles is 1. The molecule has 31 heavy (non-hydrogen) atoms. The number of nitrogens with zero attached hydrogens (tertiary/aromatic N) is 4. The highest BCUT2D eigenvalue weighted by molar-refractivity contribution is 7.89. The first-order valence-corrected chi connectivity index (χ1v) is 12.1. The van der Waals surface area contributed by atoms with E-state index in [-0.39, 0.29) is 22.8 Å². The molecule has 1 aromatic carbocycles. The molecule has 3 atom stereocenters. The SMILES string of the molecule is CC1CCCN(S(=O)(=O)c2ccc(-c3nc(C#N)c(N4CC(C)OC(C)C4)o3)cc2)C1. The van der Waals surface area contributed by atoms with Crippen LogP contribution in [0.25, 0.3) is 11.5 Å². The molecule has 0 saturated carbocycles. The predicted molar refractivity (Wildman–Crippen MR) is 116 cm³/mol. The minimum absolute atomic E-state index is 0.0193. The summed E-state index contributed by atoms with van der Waals surface area (Å²) in [5.41, 5.74) is 0.846. The molecule has 2 aliphatic rings. The Labute approximate surface area is 183 Å². The molecule has 2 aromatic rings. The Morgan fingerprint density at radius 1 is 1.10 bits per heavy atom. The van der Waals surface area contributed by atoms with E-state index in [0.717, 1.165) is 12.8 Å². The van der Waals surface area contributed by atoms with Gasteiger partial charge in [0.2, 0.25) is 27.5 Å². The van der Waals surface area contributed by atoms with Gasteiger partial charge in [-0.15, -0.1) is 0 Å². The summed E-state index contributed by atoms with van der Waals surface area (Å²) in [5.74, 6) is 1.09. The molecule has 166 valence electrons. The highest BCUT2D eigenvalue weighted by atomic mass is 32.2. The molecule has 0 N–H and O–H groups in total. The van der Waals surface area contributed by atoms with Gasteiger partial charge in [-0.1, -0.05) is 6.92 Å². The fraction of sp³-hybridized carbons (Fsp3) is 0.545. The van der Waals surface area contributed by atoms with Crippen molar-refractivity contribution >= 4 is 15.9 Å². The number of hydrogen-bond donors (Lipinski definition) is 0. The van der Waals surface area contributed by atoms with Crippen molar-refractivity contribution in [3.63, 3.8) is 0 Å². The van der Waals surface area contributed by atoms with Gasteiger partial charge in [-0.05, 0) is 56.9 Å². The van der Waals surface area contributed by atoms with Crippen molar-refractivity contribution < 1.29 is 17.6 Å². The summed E-state index contributed by atoms with van der Waals surface area (Å²) in [5, 5.41) is 9.54. The number of anilines is 1. The zero-order chi connectivity index (χ0) is 22.2. The third-order valence-corrected chi connectivity index (χ3v) is 7.66. The summed E-state index contributed by atoms with van der Waals surface area (Å²) in [6.45, 7) is 8.36. The topological polar surface area (TPSA) is 99.7 Å². The van der Waals surface area contributed by atoms with Gasteiger partial charge in [0.1, 0.15) is 6.07 Å². The van der Waals surface area contributed by atoms with Crippen molar-refractivity contribution in [1.29, 1.82) is 5.26 Å². The number of sulfonamides is 1. The lowest BCUT2D eigenvalue weighted by Crippen LogP contribution is -2.45. The van der Waals surface area contributed by atoms with Gasteiger partial charge in [0, 0.05) is 31.7 Å². The number of benzene rings is 1. The number of rotatable bonds is 4. The van der Waals surface area contributed by atoms with Crippen LogP contribution in [0.15, 0.2) is 33.6 Å². The van der Waals surface area contributed by atoms with Gasteiger partial charge in [-0.3, -0.25) is 0 Å². The molecule has 8 nitrogen and oxygen atoms in total. The van der Waals surface area contributed by atoms with Crippen molar-refractivity contribution in [3.8, 4) is 17.5 Å². The number of morpholine rings is 1. The first kappa shape index (κ1) is 21.8. The summed E-state index contributed by atoms with van der Waals surface area (Å²) in [6.07, 6.45) is 1.98. The normalized spacial score (nSPS) is 25.4. The second kappa shape index (κ2) is 8.61. The van der Waals surface area contributed by atoms with Crippen molar-refractivity contribution in [1.82, 2.24) is 9.29 Å². The van der Waals surface area contributed by atoms with Crippen molar-refractivity contribution in [2.24, 2.45) is 5.92 Å². The first-order valence-electron chi connectivity index (χ1n) is 10.7. The van der Waals surface area contributed by atoms with Crippen LogP contribution >= 0.6 is 0 Å². The molecule has 1 aromatic heterocycles. The molecule has 0 aliphatic carbocycles. The lowest BCUT2D eigenvalue weighted by molar-refractivity contribution is -0.00638. The molecule has 0 spiro atoms. The molecule has 0 radical (unpaired) electrons. The van der Waals surface area contributed by atoms with Crippen LogP contribution in [0.3, 0.4) is 0 Å². The number of hydrogen-bond acceptors (Lipinski definition) is 7. The van der Waals surface area contributed by atoms with Gasteiger partial charge in [0.05, 0.1) is 17.1 Å².